The molecular weight excluding hydrogens is 258 g/mol. The molecule has 0 atom stereocenters. The molecule has 1 saturated carbocycles. The number of phenolic OH excluding ortho intramolecular Hbond substituents is 1. The third-order valence-corrected chi connectivity index (χ3v) is 4.67. The number of aromatic hydroxyl groups is 1. The van der Waals surface area contributed by atoms with Crippen LogP contribution in [-0.4, -0.2) is 28.6 Å². The Balaban J connectivity index is 2.00. The zero-order valence-electron chi connectivity index (χ0n) is 9.50. The lowest BCUT2D eigenvalue weighted by Crippen LogP contribution is -2.31. The van der Waals surface area contributed by atoms with Crippen LogP contribution in [0.3, 0.4) is 0 Å². The van der Waals surface area contributed by atoms with Crippen molar-refractivity contribution in [2.24, 2.45) is 0 Å². The molecule has 0 aliphatic heterocycles. The lowest BCUT2D eigenvalue weighted by atomic mass is 10.2. The molecule has 0 spiro atoms. The van der Waals surface area contributed by atoms with Gasteiger partial charge in [-0.2, -0.15) is 11.8 Å². The predicted molar refractivity (Wildman–Crippen MR) is 70.9 cm³/mol. The monoisotopic (exact) mass is 271 g/mol. The summed E-state index contributed by atoms with van der Waals surface area (Å²) in [7, 11) is 0. The average Bonchev–Trinajstić information content (AvgIpc) is 3.07. The summed E-state index contributed by atoms with van der Waals surface area (Å²) in [6, 6.07) is 4.50. The maximum absolute atomic E-state index is 11.8. The molecule has 2 rings (SSSR count). The van der Waals surface area contributed by atoms with Crippen LogP contribution in [0.4, 0.5) is 0 Å². The number of phenols is 1. The van der Waals surface area contributed by atoms with Gasteiger partial charge in [0.25, 0.3) is 5.91 Å². The van der Waals surface area contributed by atoms with Gasteiger partial charge < -0.3 is 10.4 Å². The Bertz CT molecular complexity index is 446. The van der Waals surface area contributed by atoms with Gasteiger partial charge in [0, 0.05) is 16.3 Å². The number of carbonyl (C=O) groups excluding carboxylic acids is 1. The summed E-state index contributed by atoms with van der Waals surface area (Å²) in [5, 5.41) is 12.9. The lowest BCUT2D eigenvalue weighted by molar-refractivity contribution is 0.0950. The Hall–Kier alpha value is -0.870. The molecular formula is C12H14ClNO2S. The summed E-state index contributed by atoms with van der Waals surface area (Å²) < 4.78 is 0.220. The first kappa shape index (κ1) is 12.6. The molecule has 0 unspecified atom stereocenters. The minimum absolute atomic E-state index is 0.0796. The van der Waals surface area contributed by atoms with Gasteiger partial charge in [-0.25, -0.2) is 0 Å². The number of thioether (sulfide) groups is 1. The molecule has 0 aromatic heterocycles. The van der Waals surface area contributed by atoms with Gasteiger partial charge in [0.15, 0.2) is 0 Å². The van der Waals surface area contributed by atoms with Gasteiger partial charge in [-0.1, -0.05) is 11.6 Å². The molecule has 1 aliphatic carbocycles. The quantitative estimate of drug-likeness (QED) is 0.885. The fourth-order valence-electron chi connectivity index (χ4n) is 1.63. The zero-order chi connectivity index (χ0) is 12.5. The van der Waals surface area contributed by atoms with Gasteiger partial charge >= 0.3 is 0 Å². The maximum Gasteiger partial charge on any atom is 0.255 e. The molecule has 17 heavy (non-hydrogen) atoms. The van der Waals surface area contributed by atoms with Crippen LogP contribution in [0.15, 0.2) is 18.2 Å². The predicted octanol–water partition coefficient (Wildman–Crippen LogP) is 2.67. The van der Waals surface area contributed by atoms with E-state index in [1.54, 1.807) is 17.8 Å². The second-order valence-corrected chi connectivity index (χ2v) is 5.94. The van der Waals surface area contributed by atoms with E-state index < -0.39 is 0 Å². The number of halogens is 1. The molecule has 3 nitrogen and oxygen atoms in total. The fourth-order valence-corrected chi connectivity index (χ4v) is 2.52. The van der Waals surface area contributed by atoms with Crippen LogP contribution < -0.4 is 5.32 Å². The number of amides is 1. The topological polar surface area (TPSA) is 49.3 Å². The van der Waals surface area contributed by atoms with E-state index in [-0.39, 0.29) is 22.0 Å². The van der Waals surface area contributed by atoms with Crippen molar-refractivity contribution in [1.82, 2.24) is 5.32 Å². The zero-order valence-corrected chi connectivity index (χ0v) is 11.1. The first-order valence-corrected chi connectivity index (χ1v) is 6.98. The highest BCUT2D eigenvalue weighted by molar-refractivity contribution is 8.00. The van der Waals surface area contributed by atoms with Crippen molar-refractivity contribution in [3.63, 3.8) is 0 Å². The summed E-state index contributed by atoms with van der Waals surface area (Å²) >= 11 is 7.49. The Morgan fingerprint density at radius 1 is 1.59 bits per heavy atom. The first-order chi connectivity index (χ1) is 8.06. The molecule has 1 aliphatic rings. The van der Waals surface area contributed by atoms with E-state index in [1.807, 2.05) is 0 Å². The van der Waals surface area contributed by atoms with Crippen LogP contribution in [0.2, 0.25) is 5.02 Å². The fraction of sp³-hybridized carbons (Fsp3) is 0.417. The van der Waals surface area contributed by atoms with E-state index >= 15 is 0 Å². The molecule has 0 radical (unpaired) electrons. The summed E-state index contributed by atoms with van der Waals surface area (Å²) in [6.07, 6.45) is 4.33. The molecule has 1 fully saturated rings. The van der Waals surface area contributed by atoms with Crippen molar-refractivity contribution in [2.75, 3.05) is 12.8 Å². The van der Waals surface area contributed by atoms with E-state index in [9.17, 15) is 9.90 Å². The van der Waals surface area contributed by atoms with Gasteiger partial charge in [-0.15, -0.1) is 0 Å². The van der Waals surface area contributed by atoms with Crippen molar-refractivity contribution in [3.8, 4) is 5.75 Å². The summed E-state index contributed by atoms with van der Waals surface area (Å²) in [5.74, 6) is -0.330. The van der Waals surface area contributed by atoms with E-state index in [0.29, 0.717) is 11.6 Å². The summed E-state index contributed by atoms with van der Waals surface area (Å²) in [6.45, 7) is 0.648. The van der Waals surface area contributed by atoms with Crippen molar-refractivity contribution < 1.29 is 9.90 Å². The highest BCUT2D eigenvalue weighted by Gasteiger charge is 2.42. The number of rotatable bonds is 4. The Kier molecular flexibility index (Phi) is 3.54. The second kappa shape index (κ2) is 4.78. The van der Waals surface area contributed by atoms with E-state index in [4.69, 9.17) is 11.6 Å². The number of carbonyl (C=O) groups is 1. The van der Waals surface area contributed by atoms with Crippen LogP contribution in [0.1, 0.15) is 23.2 Å². The van der Waals surface area contributed by atoms with Gasteiger partial charge in [0.2, 0.25) is 0 Å². The number of hydrogen-bond donors (Lipinski definition) is 2. The largest absolute Gasteiger partial charge is 0.507 e. The molecule has 1 aromatic rings. The Labute approximate surface area is 110 Å². The van der Waals surface area contributed by atoms with E-state index in [1.165, 1.54) is 12.1 Å². The minimum atomic E-state index is -0.250. The maximum atomic E-state index is 11.8. The van der Waals surface area contributed by atoms with E-state index in [2.05, 4.69) is 11.6 Å². The molecule has 92 valence electrons. The average molecular weight is 272 g/mol. The third-order valence-electron chi connectivity index (χ3n) is 3.02. The minimum Gasteiger partial charge on any atom is -0.507 e. The van der Waals surface area contributed by atoms with Crippen LogP contribution >= 0.6 is 23.4 Å². The molecule has 1 amide bonds. The van der Waals surface area contributed by atoms with Gasteiger partial charge in [0.1, 0.15) is 5.75 Å². The SMILES string of the molecule is CSC1(CNC(=O)c2ccc(Cl)cc2O)CC1. The molecule has 0 bridgehead atoms. The number of nitrogens with one attached hydrogen (secondary N) is 1. The smallest absolute Gasteiger partial charge is 0.255 e. The van der Waals surface area contributed by atoms with Crippen molar-refractivity contribution >= 4 is 29.3 Å². The molecule has 0 saturated heterocycles. The van der Waals surface area contributed by atoms with Crippen LogP contribution in [0.5, 0.6) is 5.75 Å². The van der Waals surface area contributed by atoms with Gasteiger partial charge in [-0.05, 0) is 37.3 Å². The Morgan fingerprint density at radius 3 is 2.82 bits per heavy atom. The first-order valence-electron chi connectivity index (χ1n) is 5.38. The van der Waals surface area contributed by atoms with Crippen LogP contribution in [0, 0.1) is 0 Å². The molecule has 1 aromatic carbocycles. The third kappa shape index (κ3) is 2.87. The molecule has 2 N–H and O–H groups in total. The Morgan fingerprint density at radius 2 is 2.29 bits per heavy atom. The van der Waals surface area contributed by atoms with Gasteiger partial charge in [0.05, 0.1) is 5.56 Å². The van der Waals surface area contributed by atoms with Crippen molar-refractivity contribution in [3.05, 3.63) is 28.8 Å². The normalized spacial score (nSPS) is 16.6. The second-order valence-electron chi connectivity index (χ2n) is 4.23. The standard InChI is InChI=1S/C12H14ClNO2S/c1-17-12(4-5-12)7-14-11(16)9-3-2-8(13)6-10(9)15/h2-3,6,15H,4-5,7H2,1H3,(H,14,16). The highest BCUT2D eigenvalue weighted by atomic mass is 35.5. The van der Waals surface area contributed by atoms with Gasteiger partial charge in [-0.3, -0.25) is 4.79 Å². The number of benzene rings is 1. The lowest BCUT2D eigenvalue weighted by Gasteiger charge is -2.13. The molecule has 0 heterocycles. The van der Waals surface area contributed by atoms with Crippen LogP contribution in [0.25, 0.3) is 0 Å². The van der Waals surface area contributed by atoms with E-state index in [0.717, 1.165) is 12.8 Å². The van der Waals surface area contributed by atoms with Crippen molar-refractivity contribution in [1.29, 1.82) is 0 Å². The number of hydrogen-bond acceptors (Lipinski definition) is 3. The van der Waals surface area contributed by atoms with Crippen molar-refractivity contribution in [2.45, 2.75) is 17.6 Å². The highest BCUT2D eigenvalue weighted by Crippen LogP contribution is 2.46. The summed E-state index contributed by atoms with van der Waals surface area (Å²) in [5.41, 5.74) is 0.270. The molecule has 5 heteroatoms. The van der Waals surface area contributed by atoms with Crippen LogP contribution in [-0.2, 0) is 0 Å². The summed E-state index contributed by atoms with van der Waals surface area (Å²) in [4.78, 5) is 11.8.